The molecule has 0 aliphatic rings. The van der Waals surface area contributed by atoms with Crippen LogP contribution in [-0.2, 0) is 4.79 Å². The summed E-state index contributed by atoms with van der Waals surface area (Å²) in [6, 6.07) is 15.6. The maximum absolute atomic E-state index is 12.3. The van der Waals surface area contributed by atoms with Crippen molar-refractivity contribution in [1.82, 2.24) is 4.98 Å². The first-order valence-electron chi connectivity index (χ1n) is 8.18. The number of thiazole rings is 1. The fourth-order valence-electron chi connectivity index (χ4n) is 2.60. The van der Waals surface area contributed by atoms with Crippen LogP contribution in [0.2, 0.25) is 0 Å². The summed E-state index contributed by atoms with van der Waals surface area (Å²) in [5.41, 5.74) is 1.76. The van der Waals surface area contributed by atoms with E-state index in [2.05, 4.69) is 18.3 Å². The van der Waals surface area contributed by atoms with Gasteiger partial charge in [0.2, 0.25) is 0 Å². The highest BCUT2D eigenvalue weighted by Crippen LogP contribution is 2.24. The fraction of sp³-hybridized carbons (Fsp3) is 0.263. The first-order chi connectivity index (χ1) is 12.1. The van der Waals surface area contributed by atoms with Gasteiger partial charge in [-0.25, -0.2) is 4.98 Å². The molecule has 130 valence electrons. The number of likely N-dealkylation sites (N-methyl/N-ethyl adjacent to an activating group) is 1. The highest BCUT2D eigenvalue weighted by Gasteiger charge is 2.22. The van der Waals surface area contributed by atoms with E-state index in [1.807, 2.05) is 49.5 Å². The van der Waals surface area contributed by atoms with Crippen molar-refractivity contribution in [2.45, 2.75) is 13.0 Å². The second kappa shape index (κ2) is 7.63. The Hall–Kier alpha value is -2.44. The molecule has 0 radical (unpaired) electrons. The molecule has 3 aromatic rings. The SMILES string of the molecule is COc1cccc(NC(=O)C[NH+](C)[C@H](C)c2nc3ccccc3s2)c1. The molecule has 1 heterocycles. The summed E-state index contributed by atoms with van der Waals surface area (Å²) in [6.45, 7) is 2.47. The molecule has 0 aliphatic heterocycles. The lowest BCUT2D eigenvalue weighted by atomic mass is 10.3. The van der Waals surface area contributed by atoms with Crippen molar-refractivity contribution in [1.29, 1.82) is 0 Å². The van der Waals surface area contributed by atoms with Crippen LogP contribution in [0.4, 0.5) is 5.69 Å². The Morgan fingerprint density at radius 2 is 2.08 bits per heavy atom. The van der Waals surface area contributed by atoms with Gasteiger partial charge in [0.15, 0.2) is 11.6 Å². The number of fused-ring (bicyclic) bond motifs is 1. The average molecular weight is 356 g/mol. The van der Waals surface area contributed by atoms with Gasteiger partial charge in [-0.2, -0.15) is 0 Å². The highest BCUT2D eigenvalue weighted by atomic mass is 32.1. The molecule has 0 bridgehead atoms. The van der Waals surface area contributed by atoms with Gasteiger partial charge in [-0.15, -0.1) is 11.3 Å². The van der Waals surface area contributed by atoms with Gasteiger partial charge in [0.1, 0.15) is 11.8 Å². The second-order valence-electron chi connectivity index (χ2n) is 6.04. The molecule has 6 heteroatoms. The molecule has 1 amide bonds. The fourth-order valence-corrected chi connectivity index (χ4v) is 3.71. The second-order valence-corrected chi connectivity index (χ2v) is 7.11. The Labute approximate surface area is 151 Å². The van der Waals surface area contributed by atoms with Gasteiger partial charge in [0.25, 0.3) is 5.91 Å². The van der Waals surface area contributed by atoms with E-state index < -0.39 is 0 Å². The molecule has 3 rings (SSSR count). The molecule has 0 aliphatic carbocycles. The van der Waals surface area contributed by atoms with Crippen LogP contribution in [0, 0.1) is 0 Å². The Bertz CT molecular complexity index is 845. The number of anilines is 1. The maximum Gasteiger partial charge on any atom is 0.279 e. The van der Waals surface area contributed by atoms with Gasteiger partial charge >= 0.3 is 0 Å². The molecule has 0 saturated heterocycles. The van der Waals surface area contributed by atoms with E-state index in [1.54, 1.807) is 18.4 Å². The first-order valence-corrected chi connectivity index (χ1v) is 9.00. The van der Waals surface area contributed by atoms with Crippen LogP contribution in [0.25, 0.3) is 10.2 Å². The largest absolute Gasteiger partial charge is 0.497 e. The number of carbonyl (C=O) groups is 1. The van der Waals surface area contributed by atoms with E-state index in [9.17, 15) is 4.79 Å². The van der Waals surface area contributed by atoms with E-state index in [0.717, 1.165) is 26.9 Å². The van der Waals surface area contributed by atoms with Gasteiger partial charge < -0.3 is 15.0 Å². The van der Waals surface area contributed by atoms with Crippen molar-refractivity contribution in [3.8, 4) is 5.75 Å². The van der Waals surface area contributed by atoms with Crippen molar-refractivity contribution in [3.63, 3.8) is 0 Å². The maximum atomic E-state index is 12.3. The number of hydrogen-bond acceptors (Lipinski definition) is 4. The first kappa shape index (κ1) is 17.4. The number of nitrogens with zero attached hydrogens (tertiary/aromatic N) is 1. The lowest BCUT2D eigenvalue weighted by molar-refractivity contribution is -0.902. The van der Waals surface area contributed by atoms with Gasteiger partial charge in [-0.1, -0.05) is 18.2 Å². The third kappa shape index (κ3) is 4.15. The number of benzene rings is 2. The van der Waals surface area contributed by atoms with Crippen LogP contribution in [0.3, 0.4) is 0 Å². The minimum Gasteiger partial charge on any atom is -0.497 e. The van der Waals surface area contributed by atoms with Gasteiger partial charge in [0, 0.05) is 11.8 Å². The molecule has 0 fully saturated rings. The molecule has 2 N–H and O–H groups in total. The lowest BCUT2D eigenvalue weighted by Gasteiger charge is -2.19. The third-order valence-corrected chi connectivity index (χ3v) is 5.43. The molecule has 0 saturated carbocycles. The van der Waals surface area contributed by atoms with Crippen molar-refractivity contribution in [2.75, 3.05) is 26.0 Å². The zero-order valence-corrected chi connectivity index (χ0v) is 15.4. The number of amides is 1. The molecule has 1 aromatic heterocycles. The Morgan fingerprint density at radius 3 is 2.84 bits per heavy atom. The summed E-state index contributed by atoms with van der Waals surface area (Å²) >= 11 is 1.69. The van der Waals surface area contributed by atoms with E-state index in [0.29, 0.717) is 6.54 Å². The average Bonchev–Trinajstić information content (AvgIpc) is 3.05. The molecular weight excluding hydrogens is 334 g/mol. The lowest BCUT2D eigenvalue weighted by Crippen LogP contribution is -3.10. The Morgan fingerprint density at radius 1 is 1.28 bits per heavy atom. The predicted octanol–water partition coefficient (Wildman–Crippen LogP) is 2.52. The number of carbonyl (C=O) groups excluding carboxylic acids is 1. The van der Waals surface area contributed by atoms with Crippen LogP contribution >= 0.6 is 11.3 Å². The molecular formula is C19H22N3O2S+. The zero-order chi connectivity index (χ0) is 17.8. The minimum absolute atomic E-state index is 0.0290. The number of para-hydroxylation sites is 1. The Kier molecular flexibility index (Phi) is 5.31. The number of quaternary nitrogens is 1. The van der Waals surface area contributed by atoms with E-state index in [1.165, 1.54) is 4.70 Å². The van der Waals surface area contributed by atoms with Gasteiger partial charge in [-0.3, -0.25) is 4.79 Å². The summed E-state index contributed by atoms with van der Waals surface area (Å²) in [4.78, 5) is 18.1. The molecule has 25 heavy (non-hydrogen) atoms. The summed E-state index contributed by atoms with van der Waals surface area (Å²) in [5, 5.41) is 3.97. The molecule has 2 atom stereocenters. The van der Waals surface area contributed by atoms with Gasteiger partial charge in [-0.05, 0) is 31.2 Å². The molecule has 5 nitrogen and oxygen atoms in total. The van der Waals surface area contributed by atoms with E-state index >= 15 is 0 Å². The number of ether oxygens (including phenoxy) is 1. The van der Waals surface area contributed by atoms with Crippen molar-refractivity contribution < 1.29 is 14.4 Å². The van der Waals surface area contributed by atoms with Gasteiger partial charge in [0.05, 0.1) is 24.4 Å². The topological polar surface area (TPSA) is 55.7 Å². The number of methoxy groups -OCH3 is 1. The van der Waals surface area contributed by atoms with Crippen LogP contribution in [0.5, 0.6) is 5.75 Å². The third-order valence-electron chi connectivity index (χ3n) is 4.21. The van der Waals surface area contributed by atoms with E-state index in [-0.39, 0.29) is 11.9 Å². The normalized spacial score (nSPS) is 13.4. The monoisotopic (exact) mass is 356 g/mol. The molecule has 1 unspecified atom stereocenters. The number of rotatable bonds is 6. The number of hydrogen-bond donors (Lipinski definition) is 2. The minimum atomic E-state index is -0.0290. The summed E-state index contributed by atoms with van der Waals surface area (Å²) in [5.74, 6) is 0.694. The van der Waals surface area contributed by atoms with E-state index in [4.69, 9.17) is 9.72 Å². The summed E-state index contributed by atoms with van der Waals surface area (Å²) in [6.07, 6.45) is 0. The zero-order valence-electron chi connectivity index (χ0n) is 14.6. The molecule has 0 spiro atoms. The number of aromatic nitrogens is 1. The number of nitrogens with one attached hydrogen (secondary N) is 2. The predicted molar refractivity (Wildman–Crippen MR) is 101 cm³/mol. The summed E-state index contributed by atoms with van der Waals surface area (Å²) in [7, 11) is 3.63. The quantitative estimate of drug-likeness (QED) is 0.714. The van der Waals surface area contributed by atoms with Crippen LogP contribution < -0.4 is 15.0 Å². The standard InChI is InChI=1S/C19H21N3O2S/c1-13(19-21-16-9-4-5-10-17(16)25-19)22(2)12-18(23)20-14-7-6-8-15(11-14)24-3/h4-11,13H,12H2,1-3H3,(H,20,23)/p+1/t13-/m1/s1. The highest BCUT2D eigenvalue weighted by molar-refractivity contribution is 7.18. The molecule has 2 aromatic carbocycles. The smallest absolute Gasteiger partial charge is 0.279 e. The van der Waals surface area contributed by atoms with Crippen molar-refractivity contribution in [3.05, 3.63) is 53.5 Å². The van der Waals surface area contributed by atoms with Crippen LogP contribution in [0.15, 0.2) is 48.5 Å². The Balaban J connectivity index is 1.63. The van der Waals surface area contributed by atoms with Crippen molar-refractivity contribution in [2.24, 2.45) is 0 Å². The summed E-state index contributed by atoms with van der Waals surface area (Å²) < 4.78 is 6.36. The van der Waals surface area contributed by atoms with Crippen molar-refractivity contribution >= 4 is 33.1 Å². The van der Waals surface area contributed by atoms with Crippen LogP contribution in [0.1, 0.15) is 18.0 Å². The van der Waals surface area contributed by atoms with Crippen LogP contribution in [-0.4, -0.2) is 31.6 Å².